The summed E-state index contributed by atoms with van der Waals surface area (Å²) in [6, 6.07) is 13.6. The Labute approximate surface area is 160 Å². The zero-order valence-corrected chi connectivity index (χ0v) is 15.2. The van der Waals surface area contributed by atoms with Gasteiger partial charge < -0.3 is 10.1 Å². The van der Waals surface area contributed by atoms with Gasteiger partial charge in [-0.25, -0.2) is 23.1 Å². The van der Waals surface area contributed by atoms with Gasteiger partial charge in [0.1, 0.15) is 11.6 Å². The van der Waals surface area contributed by atoms with Crippen molar-refractivity contribution in [2.75, 3.05) is 25.1 Å². The number of halogens is 3. The molecule has 28 heavy (non-hydrogen) atoms. The molecule has 0 spiro atoms. The quantitative estimate of drug-likeness (QED) is 0.679. The molecule has 1 aliphatic heterocycles. The second kappa shape index (κ2) is 7.75. The van der Waals surface area contributed by atoms with Gasteiger partial charge in [0.2, 0.25) is 0 Å². The van der Waals surface area contributed by atoms with Crippen LogP contribution in [0.1, 0.15) is 30.7 Å². The van der Waals surface area contributed by atoms with Crippen LogP contribution in [0.2, 0.25) is 0 Å². The average molecular weight is 387 g/mol. The molecule has 1 N–H and O–H groups in total. The van der Waals surface area contributed by atoms with Gasteiger partial charge in [-0.15, -0.1) is 0 Å². The van der Waals surface area contributed by atoms with E-state index in [0.717, 1.165) is 5.56 Å². The summed E-state index contributed by atoms with van der Waals surface area (Å²) in [4.78, 5) is 8.00. The Kier molecular flexibility index (Phi) is 5.17. The summed E-state index contributed by atoms with van der Waals surface area (Å²) in [7, 11) is 0. The van der Waals surface area contributed by atoms with Crippen LogP contribution in [0.25, 0.3) is 10.9 Å². The van der Waals surface area contributed by atoms with Gasteiger partial charge in [-0.3, -0.25) is 0 Å². The van der Waals surface area contributed by atoms with Crippen LogP contribution < -0.4 is 5.32 Å². The van der Waals surface area contributed by atoms with E-state index in [0.29, 0.717) is 49.3 Å². The van der Waals surface area contributed by atoms with Gasteiger partial charge in [-0.2, -0.15) is 0 Å². The molecule has 0 unspecified atom stereocenters. The van der Waals surface area contributed by atoms with E-state index < -0.39 is 12.2 Å². The molecule has 4 nitrogen and oxygen atoms in total. The summed E-state index contributed by atoms with van der Waals surface area (Å²) < 4.78 is 45.8. The van der Waals surface area contributed by atoms with Crippen molar-refractivity contribution >= 4 is 16.7 Å². The molecular formula is C21H20F3N3O. The summed E-state index contributed by atoms with van der Waals surface area (Å²) in [6.07, 6.45) is -1.35. The molecule has 7 heteroatoms. The number of nitrogens with one attached hydrogen (secondary N) is 1. The number of nitrogens with zero attached hydrogens (tertiary/aromatic N) is 2. The van der Waals surface area contributed by atoms with E-state index >= 15 is 0 Å². The molecular weight excluding hydrogens is 367 g/mol. The van der Waals surface area contributed by atoms with Crippen LogP contribution in [0, 0.1) is 5.82 Å². The van der Waals surface area contributed by atoms with Crippen molar-refractivity contribution in [3.8, 4) is 0 Å². The third kappa shape index (κ3) is 3.67. The van der Waals surface area contributed by atoms with Crippen LogP contribution >= 0.6 is 0 Å². The third-order valence-corrected chi connectivity index (χ3v) is 5.30. The van der Waals surface area contributed by atoms with Gasteiger partial charge in [-0.1, -0.05) is 24.3 Å². The largest absolute Gasteiger partial charge is 0.381 e. The fraction of sp³-hybridized carbons (Fsp3) is 0.333. The van der Waals surface area contributed by atoms with E-state index in [9.17, 15) is 13.2 Å². The van der Waals surface area contributed by atoms with Crippen molar-refractivity contribution in [2.24, 2.45) is 0 Å². The summed E-state index contributed by atoms with van der Waals surface area (Å²) in [6.45, 7) is 1.56. The Morgan fingerprint density at radius 2 is 1.82 bits per heavy atom. The molecule has 2 aromatic carbocycles. The predicted octanol–water partition coefficient (Wildman–Crippen LogP) is 4.87. The van der Waals surface area contributed by atoms with Crippen LogP contribution in [-0.4, -0.2) is 29.7 Å². The lowest BCUT2D eigenvalue weighted by Gasteiger charge is -2.38. The fourth-order valence-corrected chi connectivity index (χ4v) is 3.73. The minimum atomic E-state index is -2.76. The molecule has 0 atom stereocenters. The number of aromatic nitrogens is 2. The monoisotopic (exact) mass is 387 g/mol. The van der Waals surface area contributed by atoms with Gasteiger partial charge >= 0.3 is 0 Å². The maximum Gasteiger partial charge on any atom is 0.297 e. The fourth-order valence-electron chi connectivity index (χ4n) is 3.73. The third-order valence-electron chi connectivity index (χ3n) is 5.30. The first-order chi connectivity index (χ1) is 13.6. The number of rotatable bonds is 5. The molecule has 146 valence electrons. The Morgan fingerprint density at radius 1 is 1.04 bits per heavy atom. The number of hydrogen-bond acceptors (Lipinski definition) is 4. The highest BCUT2D eigenvalue weighted by molar-refractivity contribution is 5.89. The minimum Gasteiger partial charge on any atom is -0.381 e. The number of hydrogen-bond donors (Lipinski definition) is 1. The lowest BCUT2D eigenvalue weighted by molar-refractivity contribution is 0.0542. The van der Waals surface area contributed by atoms with Crippen molar-refractivity contribution in [3.63, 3.8) is 0 Å². The van der Waals surface area contributed by atoms with Crippen molar-refractivity contribution in [3.05, 3.63) is 65.7 Å². The topological polar surface area (TPSA) is 47.0 Å². The second-order valence-corrected chi connectivity index (χ2v) is 7.00. The van der Waals surface area contributed by atoms with E-state index in [4.69, 9.17) is 4.74 Å². The molecule has 0 radical (unpaired) electrons. The molecule has 0 saturated carbocycles. The standard InChI is InChI=1S/C21H20F3N3O/c22-15-5-3-4-14(12-15)21(8-10-28-11-9-21)13-25-19-16-6-1-2-7-17(16)26-20(27-19)18(23)24/h1-7,12,18H,8-11,13H2,(H,25,26,27). The van der Waals surface area contributed by atoms with Crippen molar-refractivity contribution < 1.29 is 17.9 Å². The highest BCUT2D eigenvalue weighted by atomic mass is 19.3. The van der Waals surface area contributed by atoms with Crippen molar-refractivity contribution in [2.45, 2.75) is 24.7 Å². The molecule has 0 bridgehead atoms. The Morgan fingerprint density at radius 3 is 2.57 bits per heavy atom. The minimum absolute atomic E-state index is 0.296. The zero-order valence-electron chi connectivity index (χ0n) is 15.2. The summed E-state index contributed by atoms with van der Waals surface area (Å²) in [5, 5.41) is 3.92. The van der Waals surface area contributed by atoms with E-state index in [1.165, 1.54) is 12.1 Å². The lowest BCUT2D eigenvalue weighted by atomic mass is 9.74. The number of ether oxygens (including phenoxy) is 1. The molecule has 4 rings (SSSR count). The normalized spacial score (nSPS) is 16.4. The van der Waals surface area contributed by atoms with E-state index in [2.05, 4.69) is 15.3 Å². The molecule has 3 aromatic rings. The second-order valence-electron chi connectivity index (χ2n) is 7.00. The molecule has 1 aromatic heterocycles. The zero-order chi connectivity index (χ0) is 19.6. The number of para-hydroxylation sites is 1. The molecule has 0 aliphatic carbocycles. The van der Waals surface area contributed by atoms with Gasteiger partial charge in [0, 0.05) is 30.6 Å². The molecule has 0 amide bonds. The molecule has 1 fully saturated rings. The SMILES string of the molecule is Fc1cccc(C2(CNc3nc(C(F)F)nc4ccccc34)CCOCC2)c1. The predicted molar refractivity (Wildman–Crippen MR) is 101 cm³/mol. The van der Waals surface area contributed by atoms with E-state index in [1.807, 2.05) is 12.1 Å². The number of alkyl halides is 2. The number of fused-ring (bicyclic) bond motifs is 1. The number of benzene rings is 2. The van der Waals surface area contributed by atoms with E-state index in [1.54, 1.807) is 24.3 Å². The Hall–Kier alpha value is -2.67. The summed E-state index contributed by atoms with van der Waals surface area (Å²) in [5.74, 6) is -0.438. The Balaban J connectivity index is 1.70. The first-order valence-electron chi connectivity index (χ1n) is 9.20. The van der Waals surface area contributed by atoms with Crippen LogP contribution in [0.4, 0.5) is 19.0 Å². The van der Waals surface area contributed by atoms with Crippen LogP contribution in [-0.2, 0) is 10.2 Å². The van der Waals surface area contributed by atoms with Gasteiger partial charge in [0.15, 0.2) is 5.82 Å². The molecule has 1 saturated heterocycles. The average Bonchev–Trinajstić information content (AvgIpc) is 2.72. The summed E-state index contributed by atoms with van der Waals surface area (Å²) in [5.41, 5.74) is 0.968. The van der Waals surface area contributed by atoms with Crippen molar-refractivity contribution in [1.29, 1.82) is 0 Å². The van der Waals surface area contributed by atoms with Crippen LogP contribution in [0.15, 0.2) is 48.5 Å². The Bertz CT molecular complexity index is 974. The summed E-state index contributed by atoms with van der Waals surface area (Å²) >= 11 is 0. The maximum absolute atomic E-state index is 13.8. The molecule has 2 heterocycles. The van der Waals surface area contributed by atoms with Crippen LogP contribution in [0.3, 0.4) is 0 Å². The van der Waals surface area contributed by atoms with Gasteiger partial charge in [-0.05, 0) is 42.7 Å². The lowest BCUT2D eigenvalue weighted by Crippen LogP contribution is -2.40. The van der Waals surface area contributed by atoms with Gasteiger partial charge in [0.05, 0.1) is 5.52 Å². The van der Waals surface area contributed by atoms with Crippen LogP contribution in [0.5, 0.6) is 0 Å². The van der Waals surface area contributed by atoms with Gasteiger partial charge in [0.25, 0.3) is 6.43 Å². The highest BCUT2D eigenvalue weighted by Crippen LogP contribution is 2.36. The number of anilines is 1. The first-order valence-corrected chi connectivity index (χ1v) is 9.20. The maximum atomic E-state index is 13.8. The molecule has 1 aliphatic rings. The first kappa shape index (κ1) is 18.7. The van der Waals surface area contributed by atoms with Crippen molar-refractivity contribution in [1.82, 2.24) is 9.97 Å². The smallest absolute Gasteiger partial charge is 0.297 e. The van der Waals surface area contributed by atoms with E-state index in [-0.39, 0.29) is 11.2 Å². The highest BCUT2D eigenvalue weighted by Gasteiger charge is 2.35.